The van der Waals surface area contributed by atoms with Crippen LogP contribution in [0.25, 0.3) is 11.3 Å². The molecule has 1 amide bonds. The summed E-state index contributed by atoms with van der Waals surface area (Å²) < 4.78 is 52.8. The molecular weight excluding hydrogens is 497 g/mol. The van der Waals surface area contributed by atoms with E-state index >= 15 is 0 Å². The summed E-state index contributed by atoms with van der Waals surface area (Å²) in [6.07, 6.45) is -4.45. The zero-order valence-corrected chi connectivity index (χ0v) is 19.6. The van der Waals surface area contributed by atoms with Crippen LogP contribution in [0.2, 0.25) is 0 Å². The second kappa shape index (κ2) is 11.4. The summed E-state index contributed by atoms with van der Waals surface area (Å²) in [5.41, 5.74) is 0.424. The van der Waals surface area contributed by atoms with Crippen LogP contribution in [0.4, 0.5) is 13.2 Å². The lowest BCUT2D eigenvalue weighted by Gasteiger charge is -2.46. The van der Waals surface area contributed by atoms with Crippen molar-refractivity contribution >= 4 is 5.91 Å². The number of aliphatic hydroxyl groups excluding tert-OH is 3. The van der Waals surface area contributed by atoms with E-state index in [9.17, 15) is 33.3 Å². The van der Waals surface area contributed by atoms with Gasteiger partial charge in [-0.15, -0.1) is 5.10 Å². The van der Waals surface area contributed by atoms with Gasteiger partial charge in [0.1, 0.15) is 35.9 Å². The Balaban J connectivity index is 1.69. The zero-order chi connectivity index (χ0) is 26.7. The highest BCUT2D eigenvalue weighted by molar-refractivity contribution is 5.94. The van der Waals surface area contributed by atoms with E-state index in [1.165, 1.54) is 31.5 Å². The average Bonchev–Trinajstić information content (AvgIpc) is 3.36. The first-order valence-electron chi connectivity index (χ1n) is 11.3. The van der Waals surface area contributed by atoms with E-state index < -0.39 is 60.5 Å². The lowest BCUT2D eigenvalue weighted by Crippen LogP contribution is -2.62. The number of aromatic nitrogens is 3. The lowest BCUT2D eigenvalue weighted by molar-refractivity contribution is -0.239. The molecule has 4 rings (SSSR count). The van der Waals surface area contributed by atoms with Crippen molar-refractivity contribution in [2.45, 2.75) is 30.6 Å². The molecule has 5 atom stereocenters. The van der Waals surface area contributed by atoms with E-state index in [4.69, 9.17) is 9.47 Å². The molecule has 1 aliphatic rings. The molecule has 0 saturated carbocycles. The molecule has 0 radical (unpaired) electrons. The number of carbonyl (C=O) groups is 1. The summed E-state index contributed by atoms with van der Waals surface area (Å²) in [6.45, 7) is -0.821. The molecule has 1 saturated heterocycles. The van der Waals surface area contributed by atoms with E-state index in [0.717, 1.165) is 21.7 Å². The van der Waals surface area contributed by atoms with Gasteiger partial charge in [-0.05, 0) is 30.3 Å². The van der Waals surface area contributed by atoms with Crippen molar-refractivity contribution in [3.8, 4) is 11.3 Å². The number of hydrogen-bond acceptors (Lipinski definition) is 8. The molecule has 3 aromatic rings. The largest absolute Gasteiger partial charge is 0.394 e. The Morgan fingerprint density at radius 1 is 1.14 bits per heavy atom. The highest BCUT2D eigenvalue weighted by Gasteiger charge is 2.49. The van der Waals surface area contributed by atoms with E-state index in [0.29, 0.717) is 11.6 Å². The molecular formula is C24H25F3N4O6. The molecule has 13 heteroatoms. The number of nitrogens with zero attached hydrogens (tertiary/aromatic N) is 4. The second-order valence-electron chi connectivity index (χ2n) is 8.43. The van der Waals surface area contributed by atoms with Gasteiger partial charge in [0.2, 0.25) is 0 Å². The highest BCUT2D eigenvalue weighted by atomic mass is 19.2. The van der Waals surface area contributed by atoms with Crippen molar-refractivity contribution in [1.29, 1.82) is 0 Å². The van der Waals surface area contributed by atoms with Crippen LogP contribution in [0.3, 0.4) is 0 Å². The third kappa shape index (κ3) is 5.50. The number of amides is 1. The van der Waals surface area contributed by atoms with Crippen LogP contribution in [0.15, 0.2) is 48.7 Å². The fourth-order valence-corrected chi connectivity index (χ4v) is 4.18. The molecule has 1 fully saturated rings. The summed E-state index contributed by atoms with van der Waals surface area (Å²) >= 11 is 0. The van der Waals surface area contributed by atoms with Gasteiger partial charge in [0.25, 0.3) is 5.91 Å². The van der Waals surface area contributed by atoms with Gasteiger partial charge >= 0.3 is 0 Å². The van der Waals surface area contributed by atoms with E-state index in [-0.39, 0.29) is 24.4 Å². The van der Waals surface area contributed by atoms with Crippen LogP contribution in [0, 0.1) is 17.5 Å². The van der Waals surface area contributed by atoms with Crippen molar-refractivity contribution < 1.29 is 42.8 Å². The smallest absolute Gasteiger partial charge is 0.256 e. The predicted molar refractivity (Wildman–Crippen MR) is 121 cm³/mol. The van der Waals surface area contributed by atoms with Crippen LogP contribution in [-0.4, -0.2) is 92.5 Å². The molecule has 1 aromatic heterocycles. The minimum Gasteiger partial charge on any atom is -0.394 e. The Morgan fingerprint density at radius 2 is 1.92 bits per heavy atom. The predicted octanol–water partition coefficient (Wildman–Crippen LogP) is 1.13. The number of benzene rings is 2. The SMILES string of the molecule is COCCN(C(=O)c1ccc(F)c(F)c1)C1OC(CO)[C@H](O)[C@H](n2cc(-c3cccc(F)c3)nn2)C1O. The van der Waals surface area contributed by atoms with Crippen LogP contribution in [-0.2, 0) is 9.47 Å². The van der Waals surface area contributed by atoms with Gasteiger partial charge in [-0.3, -0.25) is 4.79 Å². The third-order valence-corrected chi connectivity index (χ3v) is 6.07. The summed E-state index contributed by atoms with van der Waals surface area (Å²) in [5.74, 6) is -3.69. The Labute approximate surface area is 209 Å². The molecule has 2 heterocycles. The normalized spacial score (nSPS) is 23.7. The first kappa shape index (κ1) is 26.7. The molecule has 3 N–H and O–H groups in total. The summed E-state index contributed by atoms with van der Waals surface area (Å²) in [4.78, 5) is 14.3. The Kier molecular flexibility index (Phi) is 8.19. The summed E-state index contributed by atoms with van der Waals surface area (Å²) in [6, 6.07) is 6.90. The lowest BCUT2D eigenvalue weighted by atomic mass is 9.94. The van der Waals surface area contributed by atoms with Crippen molar-refractivity contribution in [2.75, 3.05) is 26.9 Å². The molecule has 0 bridgehead atoms. The fourth-order valence-electron chi connectivity index (χ4n) is 4.18. The minimum absolute atomic E-state index is 0.00788. The Bertz CT molecular complexity index is 1240. The van der Waals surface area contributed by atoms with Crippen molar-refractivity contribution in [1.82, 2.24) is 19.9 Å². The quantitative estimate of drug-likeness (QED) is 0.402. The monoisotopic (exact) mass is 522 g/mol. The second-order valence-corrected chi connectivity index (χ2v) is 8.43. The molecule has 0 spiro atoms. The van der Waals surface area contributed by atoms with Crippen LogP contribution in [0.5, 0.6) is 0 Å². The minimum atomic E-state index is -1.62. The van der Waals surface area contributed by atoms with Crippen molar-refractivity contribution in [3.63, 3.8) is 0 Å². The number of aliphatic hydroxyl groups is 3. The number of carbonyl (C=O) groups excluding carboxylic acids is 1. The number of hydrogen-bond donors (Lipinski definition) is 3. The molecule has 10 nitrogen and oxygen atoms in total. The van der Waals surface area contributed by atoms with Gasteiger partial charge in [-0.25, -0.2) is 17.9 Å². The first-order chi connectivity index (χ1) is 17.7. The molecule has 1 aliphatic heterocycles. The average molecular weight is 522 g/mol. The summed E-state index contributed by atoms with van der Waals surface area (Å²) in [7, 11) is 1.38. The number of ether oxygens (including phenoxy) is 2. The first-order valence-corrected chi connectivity index (χ1v) is 11.3. The fraction of sp³-hybridized carbons (Fsp3) is 0.375. The topological polar surface area (TPSA) is 130 Å². The maximum absolute atomic E-state index is 13.8. The number of methoxy groups -OCH3 is 1. The highest BCUT2D eigenvalue weighted by Crippen LogP contribution is 2.33. The standard InChI is InChI=1S/C24H25F3N4O6/c1-36-8-7-30(23(35)14-5-6-16(26)17(27)10-14)24-22(34)20(21(33)19(12-32)37-24)31-11-18(28-29-31)13-3-2-4-15(25)9-13/h2-6,9-11,19-22,24,32-34H,7-8,12H2,1H3/t19?,20-,21-,22?,24?/m0/s1. The van der Waals surface area contributed by atoms with Crippen molar-refractivity contribution in [3.05, 3.63) is 71.7 Å². The molecule has 3 unspecified atom stereocenters. The van der Waals surface area contributed by atoms with Crippen LogP contribution < -0.4 is 0 Å². The van der Waals surface area contributed by atoms with Gasteiger partial charge in [0, 0.05) is 24.8 Å². The van der Waals surface area contributed by atoms with E-state index in [1.807, 2.05) is 0 Å². The van der Waals surface area contributed by atoms with Gasteiger partial charge in [-0.2, -0.15) is 0 Å². The van der Waals surface area contributed by atoms with Gasteiger partial charge < -0.3 is 29.7 Å². The number of halogens is 3. The molecule has 198 valence electrons. The van der Waals surface area contributed by atoms with Crippen LogP contribution >= 0.6 is 0 Å². The van der Waals surface area contributed by atoms with Gasteiger partial charge in [0.15, 0.2) is 17.9 Å². The van der Waals surface area contributed by atoms with Gasteiger partial charge in [-0.1, -0.05) is 17.3 Å². The van der Waals surface area contributed by atoms with Crippen LogP contribution in [0.1, 0.15) is 16.4 Å². The number of rotatable bonds is 8. The Morgan fingerprint density at radius 3 is 2.59 bits per heavy atom. The van der Waals surface area contributed by atoms with E-state index in [1.54, 1.807) is 6.07 Å². The summed E-state index contributed by atoms with van der Waals surface area (Å²) in [5, 5.41) is 39.9. The zero-order valence-electron chi connectivity index (χ0n) is 19.6. The molecule has 0 aliphatic carbocycles. The third-order valence-electron chi connectivity index (χ3n) is 6.07. The van der Waals surface area contributed by atoms with E-state index in [2.05, 4.69) is 10.3 Å². The maximum Gasteiger partial charge on any atom is 0.256 e. The van der Waals surface area contributed by atoms with Gasteiger partial charge in [0.05, 0.1) is 19.4 Å². The molecule has 2 aromatic carbocycles. The Hall–Kier alpha value is -3.36. The van der Waals surface area contributed by atoms with Crippen molar-refractivity contribution in [2.24, 2.45) is 0 Å². The molecule has 37 heavy (non-hydrogen) atoms. The maximum atomic E-state index is 13.8.